The summed E-state index contributed by atoms with van der Waals surface area (Å²) in [6.45, 7) is 2.34. The Morgan fingerprint density at radius 2 is 1.90 bits per heavy atom. The Balaban J connectivity index is 1.41. The van der Waals surface area contributed by atoms with Crippen LogP contribution in [-0.4, -0.2) is 17.5 Å². The minimum Gasteiger partial charge on any atom is -0.483 e. The Morgan fingerprint density at radius 3 is 2.66 bits per heavy atom. The second-order valence-corrected chi connectivity index (χ2v) is 6.70. The van der Waals surface area contributed by atoms with Crippen LogP contribution in [0.5, 0.6) is 5.75 Å². The van der Waals surface area contributed by atoms with Crippen LogP contribution in [0.2, 0.25) is 0 Å². The molecular weight excluding hydrogens is 366 g/mol. The molecule has 0 aliphatic rings. The standard InChI is InChI=1S/C23H21N3O3/c1-15-4-2-3-5-20(15)28-14-22(27)25-18-9-7-17(8-10-18)23-26-19-12-16(13-24)6-11-21(19)29-23/h2-12H,13-14,24H2,1H3,(H,25,27). The number of hydrogen-bond donors (Lipinski definition) is 2. The second-order valence-electron chi connectivity index (χ2n) is 6.70. The molecule has 1 amide bonds. The third-order valence-electron chi connectivity index (χ3n) is 4.56. The molecule has 146 valence electrons. The zero-order valence-corrected chi connectivity index (χ0v) is 16.0. The Kier molecular flexibility index (Phi) is 5.27. The monoisotopic (exact) mass is 387 g/mol. The predicted molar refractivity (Wildman–Crippen MR) is 113 cm³/mol. The highest BCUT2D eigenvalue weighted by Crippen LogP contribution is 2.26. The van der Waals surface area contributed by atoms with Gasteiger partial charge in [-0.05, 0) is 60.5 Å². The lowest BCUT2D eigenvalue weighted by molar-refractivity contribution is -0.118. The number of nitrogens with one attached hydrogen (secondary N) is 1. The van der Waals surface area contributed by atoms with Crippen molar-refractivity contribution in [3.8, 4) is 17.2 Å². The summed E-state index contributed by atoms with van der Waals surface area (Å²) >= 11 is 0. The van der Waals surface area contributed by atoms with Crippen molar-refractivity contribution in [3.05, 3.63) is 77.9 Å². The van der Waals surface area contributed by atoms with E-state index < -0.39 is 0 Å². The lowest BCUT2D eigenvalue weighted by Crippen LogP contribution is -2.20. The highest BCUT2D eigenvalue weighted by molar-refractivity contribution is 5.92. The molecular formula is C23H21N3O3. The van der Waals surface area contributed by atoms with Gasteiger partial charge in [-0.15, -0.1) is 0 Å². The number of nitrogens with zero attached hydrogens (tertiary/aromatic N) is 1. The van der Waals surface area contributed by atoms with E-state index in [-0.39, 0.29) is 12.5 Å². The molecule has 0 radical (unpaired) electrons. The third kappa shape index (κ3) is 4.28. The molecule has 0 unspecified atom stereocenters. The van der Waals surface area contributed by atoms with Crippen LogP contribution in [0, 0.1) is 6.92 Å². The smallest absolute Gasteiger partial charge is 0.262 e. The Morgan fingerprint density at radius 1 is 1.10 bits per heavy atom. The maximum Gasteiger partial charge on any atom is 0.262 e. The number of fused-ring (bicyclic) bond motifs is 1. The molecule has 6 heteroatoms. The van der Waals surface area contributed by atoms with Crippen LogP contribution in [0.1, 0.15) is 11.1 Å². The molecule has 6 nitrogen and oxygen atoms in total. The molecule has 4 rings (SSSR count). The van der Waals surface area contributed by atoms with E-state index in [9.17, 15) is 4.79 Å². The number of hydrogen-bond acceptors (Lipinski definition) is 5. The molecule has 4 aromatic rings. The van der Waals surface area contributed by atoms with Crippen LogP contribution < -0.4 is 15.8 Å². The van der Waals surface area contributed by atoms with Crippen molar-refractivity contribution in [3.63, 3.8) is 0 Å². The van der Waals surface area contributed by atoms with E-state index in [0.717, 1.165) is 22.2 Å². The number of rotatable bonds is 6. The fourth-order valence-electron chi connectivity index (χ4n) is 2.98. The maximum absolute atomic E-state index is 12.2. The van der Waals surface area contributed by atoms with Gasteiger partial charge in [-0.2, -0.15) is 0 Å². The molecule has 0 saturated carbocycles. The number of amides is 1. The highest BCUT2D eigenvalue weighted by atomic mass is 16.5. The highest BCUT2D eigenvalue weighted by Gasteiger charge is 2.10. The summed E-state index contributed by atoms with van der Waals surface area (Å²) in [5.41, 5.74) is 10.6. The fraction of sp³-hybridized carbons (Fsp3) is 0.130. The topological polar surface area (TPSA) is 90.4 Å². The number of carbonyl (C=O) groups is 1. The molecule has 0 fully saturated rings. The normalized spacial score (nSPS) is 10.8. The number of carbonyl (C=O) groups excluding carboxylic acids is 1. The van der Waals surface area contributed by atoms with Crippen molar-refractivity contribution in [2.75, 3.05) is 11.9 Å². The second kappa shape index (κ2) is 8.16. The van der Waals surface area contributed by atoms with Crippen LogP contribution in [0.3, 0.4) is 0 Å². The van der Waals surface area contributed by atoms with E-state index >= 15 is 0 Å². The minimum atomic E-state index is -0.225. The van der Waals surface area contributed by atoms with Crippen LogP contribution in [0.25, 0.3) is 22.6 Å². The molecule has 29 heavy (non-hydrogen) atoms. The van der Waals surface area contributed by atoms with Gasteiger partial charge in [0.1, 0.15) is 11.3 Å². The van der Waals surface area contributed by atoms with Crippen molar-refractivity contribution in [2.45, 2.75) is 13.5 Å². The van der Waals surface area contributed by atoms with Gasteiger partial charge < -0.3 is 20.2 Å². The van der Waals surface area contributed by atoms with Gasteiger partial charge >= 0.3 is 0 Å². The third-order valence-corrected chi connectivity index (χ3v) is 4.56. The van der Waals surface area contributed by atoms with Crippen molar-refractivity contribution in [2.24, 2.45) is 5.73 Å². The zero-order chi connectivity index (χ0) is 20.2. The van der Waals surface area contributed by atoms with Crippen molar-refractivity contribution in [1.82, 2.24) is 4.98 Å². The van der Waals surface area contributed by atoms with Gasteiger partial charge in [0.25, 0.3) is 5.91 Å². The number of ether oxygens (including phenoxy) is 1. The predicted octanol–water partition coefficient (Wildman–Crippen LogP) is 4.28. The van der Waals surface area contributed by atoms with Crippen LogP contribution in [-0.2, 0) is 11.3 Å². The van der Waals surface area contributed by atoms with Crippen LogP contribution >= 0.6 is 0 Å². The number of para-hydroxylation sites is 1. The van der Waals surface area contributed by atoms with Crippen molar-refractivity contribution in [1.29, 1.82) is 0 Å². The minimum absolute atomic E-state index is 0.0544. The molecule has 0 saturated heterocycles. The largest absolute Gasteiger partial charge is 0.483 e. The number of benzene rings is 3. The first-order valence-corrected chi connectivity index (χ1v) is 9.30. The molecule has 0 spiro atoms. The van der Waals surface area contributed by atoms with Gasteiger partial charge in [0, 0.05) is 17.8 Å². The van der Waals surface area contributed by atoms with E-state index in [4.69, 9.17) is 14.9 Å². The van der Waals surface area contributed by atoms with E-state index in [1.54, 1.807) is 12.1 Å². The number of aromatic nitrogens is 1. The lowest BCUT2D eigenvalue weighted by atomic mass is 10.2. The molecule has 3 aromatic carbocycles. The molecule has 1 heterocycles. The average molecular weight is 387 g/mol. The summed E-state index contributed by atoms with van der Waals surface area (Å²) in [6.07, 6.45) is 0. The quantitative estimate of drug-likeness (QED) is 0.515. The summed E-state index contributed by atoms with van der Waals surface area (Å²) in [5.74, 6) is 0.999. The summed E-state index contributed by atoms with van der Waals surface area (Å²) in [4.78, 5) is 16.7. The molecule has 1 aromatic heterocycles. The molecule has 0 aliphatic carbocycles. The average Bonchev–Trinajstić information content (AvgIpc) is 3.17. The van der Waals surface area contributed by atoms with Crippen LogP contribution in [0.4, 0.5) is 5.69 Å². The Hall–Kier alpha value is -3.64. The van der Waals surface area contributed by atoms with E-state index in [0.29, 0.717) is 29.5 Å². The zero-order valence-electron chi connectivity index (χ0n) is 16.0. The van der Waals surface area contributed by atoms with E-state index in [2.05, 4.69) is 10.3 Å². The van der Waals surface area contributed by atoms with E-state index in [1.807, 2.05) is 61.5 Å². The molecule has 0 aliphatic heterocycles. The van der Waals surface area contributed by atoms with Gasteiger partial charge in [0.2, 0.25) is 5.89 Å². The van der Waals surface area contributed by atoms with Crippen molar-refractivity contribution >= 4 is 22.7 Å². The SMILES string of the molecule is Cc1ccccc1OCC(=O)Nc1ccc(-c2nc3cc(CN)ccc3o2)cc1. The molecule has 0 bridgehead atoms. The van der Waals surface area contributed by atoms with Gasteiger partial charge in [0.15, 0.2) is 12.2 Å². The summed E-state index contributed by atoms with van der Waals surface area (Å²) in [6, 6.07) is 20.6. The first-order chi connectivity index (χ1) is 14.1. The first kappa shape index (κ1) is 18.7. The number of oxazole rings is 1. The number of nitrogens with two attached hydrogens (primary N) is 1. The molecule has 3 N–H and O–H groups in total. The number of anilines is 1. The van der Waals surface area contributed by atoms with Gasteiger partial charge in [-0.25, -0.2) is 4.98 Å². The van der Waals surface area contributed by atoms with Gasteiger partial charge in [-0.1, -0.05) is 24.3 Å². The van der Waals surface area contributed by atoms with E-state index in [1.165, 1.54) is 0 Å². The lowest BCUT2D eigenvalue weighted by Gasteiger charge is -2.09. The van der Waals surface area contributed by atoms with Crippen molar-refractivity contribution < 1.29 is 13.9 Å². The first-order valence-electron chi connectivity index (χ1n) is 9.30. The Bertz CT molecular complexity index is 1150. The summed E-state index contributed by atoms with van der Waals surface area (Å²) < 4.78 is 11.4. The number of aryl methyl sites for hydroxylation is 1. The maximum atomic E-state index is 12.2. The van der Waals surface area contributed by atoms with Gasteiger partial charge in [-0.3, -0.25) is 4.79 Å². The van der Waals surface area contributed by atoms with Gasteiger partial charge in [0.05, 0.1) is 0 Å². The molecule has 0 atom stereocenters. The Labute approximate surface area is 168 Å². The summed E-state index contributed by atoms with van der Waals surface area (Å²) in [7, 11) is 0. The summed E-state index contributed by atoms with van der Waals surface area (Å²) in [5, 5.41) is 2.82. The van der Waals surface area contributed by atoms with Crippen LogP contribution in [0.15, 0.2) is 71.1 Å². The fourth-order valence-corrected chi connectivity index (χ4v) is 2.98.